The lowest BCUT2D eigenvalue weighted by atomic mass is 9.74. The van der Waals surface area contributed by atoms with Gasteiger partial charge in [-0.15, -0.1) is 0 Å². The van der Waals surface area contributed by atoms with Crippen LogP contribution in [0.2, 0.25) is 0 Å². The molecule has 2 rings (SSSR count). The van der Waals surface area contributed by atoms with Gasteiger partial charge in [0.25, 0.3) is 0 Å². The molecule has 0 bridgehead atoms. The summed E-state index contributed by atoms with van der Waals surface area (Å²) in [5.41, 5.74) is 0.284. The summed E-state index contributed by atoms with van der Waals surface area (Å²) < 4.78 is 0. The molecule has 3 heteroatoms. The van der Waals surface area contributed by atoms with Crippen LogP contribution in [0.25, 0.3) is 0 Å². The maximum absolute atomic E-state index is 12.0. The highest BCUT2D eigenvalue weighted by Gasteiger charge is 2.38. The molecule has 0 unspecified atom stereocenters. The molecule has 0 aromatic heterocycles. The first-order valence-corrected chi connectivity index (χ1v) is 7.34. The van der Waals surface area contributed by atoms with E-state index < -0.39 is 0 Å². The van der Waals surface area contributed by atoms with Crippen molar-refractivity contribution >= 4 is 5.91 Å². The molecule has 1 saturated heterocycles. The van der Waals surface area contributed by atoms with Crippen molar-refractivity contribution in [3.05, 3.63) is 0 Å². The van der Waals surface area contributed by atoms with Gasteiger partial charge in [0, 0.05) is 23.5 Å². The summed E-state index contributed by atoms with van der Waals surface area (Å²) in [6.07, 6.45) is 6.51. The first-order chi connectivity index (χ1) is 8.26. The van der Waals surface area contributed by atoms with Crippen LogP contribution < -0.4 is 10.6 Å². The summed E-state index contributed by atoms with van der Waals surface area (Å²) in [5, 5.41) is 6.83. The van der Waals surface area contributed by atoms with Crippen LogP contribution in [0.15, 0.2) is 0 Å². The molecule has 1 aliphatic carbocycles. The quantitative estimate of drug-likeness (QED) is 0.810. The maximum atomic E-state index is 12.0. The fourth-order valence-corrected chi connectivity index (χ4v) is 3.78. The number of carbonyl (C=O) groups excluding carboxylic acids is 1. The van der Waals surface area contributed by atoms with E-state index in [1.165, 1.54) is 19.3 Å². The Morgan fingerprint density at radius 1 is 1.17 bits per heavy atom. The summed E-state index contributed by atoms with van der Waals surface area (Å²) in [4.78, 5) is 12.0. The molecule has 0 atom stereocenters. The van der Waals surface area contributed by atoms with E-state index in [9.17, 15) is 4.79 Å². The lowest BCUT2D eigenvalue weighted by molar-refractivity contribution is -0.123. The number of hydrogen-bond acceptors (Lipinski definition) is 2. The Bertz CT molecular complexity index is 302. The van der Waals surface area contributed by atoms with Crippen LogP contribution in [0.4, 0.5) is 0 Å². The summed E-state index contributed by atoms with van der Waals surface area (Å²) in [7, 11) is 0. The molecule has 2 fully saturated rings. The smallest absolute Gasteiger partial charge is 0.220 e. The van der Waals surface area contributed by atoms with E-state index in [4.69, 9.17) is 0 Å². The first-order valence-electron chi connectivity index (χ1n) is 7.34. The molecule has 0 radical (unpaired) electrons. The Morgan fingerprint density at radius 3 is 2.17 bits per heavy atom. The summed E-state index contributed by atoms with van der Waals surface area (Å²) in [6, 6.07) is 0.472. The van der Waals surface area contributed by atoms with Crippen molar-refractivity contribution in [1.82, 2.24) is 10.6 Å². The van der Waals surface area contributed by atoms with Gasteiger partial charge in [-0.05, 0) is 65.7 Å². The van der Waals surface area contributed by atoms with Crippen LogP contribution >= 0.6 is 0 Å². The Hall–Kier alpha value is -0.570. The van der Waals surface area contributed by atoms with E-state index in [1.54, 1.807) is 0 Å². The van der Waals surface area contributed by atoms with Crippen LogP contribution in [0.5, 0.6) is 0 Å². The van der Waals surface area contributed by atoms with Crippen molar-refractivity contribution in [3.63, 3.8) is 0 Å². The number of amides is 1. The number of nitrogens with one attached hydrogen (secondary N) is 2. The molecular formula is C15H28N2O. The molecule has 0 spiro atoms. The maximum Gasteiger partial charge on any atom is 0.220 e. The number of carbonyl (C=O) groups is 1. The van der Waals surface area contributed by atoms with Gasteiger partial charge in [-0.3, -0.25) is 4.79 Å². The van der Waals surface area contributed by atoms with Gasteiger partial charge < -0.3 is 10.6 Å². The van der Waals surface area contributed by atoms with E-state index in [-0.39, 0.29) is 17.0 Å². The number of rotatable bonds is 3. The second-order valence-corrected chi connectivity index (χ2v) is 7.57. The Labute approximate surface area is 111 Å². The fraction of sp³-hybridized carbons (Fsp3) is 0.933. The van der Waals surface area contributed by atoms with Gasteiger partial charge in [-0.25, -0.2) is 0 Å². The second-order valence-electron chi connectivity index (χ2n) is 7.57. The molecule has 2 N–H and O–H groups in total. The van der Waals surface area contributed by atoms with E-state index in [0.29, 0.717) is 18.4 Å². The second kappa shape index (κ2) is 4.84. The Kier molecular flexibility index (Phi) is 3.72. The SMILES string of the molecule is CC1(C)CC(CC(=O)NC2CCC2)CC(C)(C)N1. The van der Waals surface area contributed by atoms with Crippen LogP contribution in [0.1, 0.15) is 66.2 Å². The molecule has 0 aromatic rings. The minimum Gasteiger partial charge on any atom is -0.353 e. The molecule has 104 valence electrons. The van der Waals surface area contributed by atoms with Crippen molar-refractivity contribution in [3.8, 4) is 0 Å². The zero-order chi connectivity index (χ0) is 13.4. The van der Waals surface area contributed by atoms with E-state index in [2.05, 4.69) is 38.3 Å². The van der Waals surface area contributed by atoms with Crippen molar-refractivity contribution in [1.29, 1.82) is 0 Å². The van der Waals surface area contributed by atoms with Gasteiger partial charge in [-0.1, -0.05) is 0 Å². The largest absolute Gasteiger partial charge is 0.353 e. The molecule has 0 aromatic carbocycles. The molecule has 18 heavy (non-hydrogen) atoms. The average molecular weight is 252 g/mol. The molecule has 1 aliphatic heterocycles. The van der Waals surface area contributed by atoms with Gasteiger partial charge in [0.1, 0.15) is 0 Å². The Morgan fingerprint density at radius 2 is 1.72 bits per heavy atom. The molecule has 1 heterocycles. The van der Waals surface area contributed by atoms with Gasteiger partial charge in [0.05, 0.1) is 0 Å². The summed E-state index contributed by atoms with van der Waals surface area (Å²) in [5.74, 6) is 0.773. The van der Waals surface area contributed by atoms with Gasteiger partial charge in [0.2, 0.25) is 5.91 Å². The fourth-order valence-electron chi connectivity index (χ4n) is 3.78. The summed E-state index contributed by atoms with van der Waals surface area (Å²) >= 11 is 0. The Balaban J connectivity index is 1.85. The van der Waals surface area contributed by atoms with E-state index in [0.717, 1.165) is 12.8 Å². The molecular weight excluding hydrogens is 224 g/mol. The molecule has 1 saturated carbocycles. The van der Waals surface area contributed by atoms with Crippen LogP contribution in [0.3, 0.4) is 0 Å². The minimum atomic E-state index is 0.142. The zero-order valence-electron chi connectivity index (χ0n) is 12.3. The highest BCUT2D eigenvalue weighted by molar-refractivity contribution is 5.76. The third-order valence-corrected chi connectivity index (χ3v) is 4.22. The topological polar surface area (TPSA) is 41.1 Å². The van der Waals surface area contributed by atoms with Crippen molar-refractivity contribution in [2.24, 2.45) is 5.92 Å². The average Bonchev–Trinajstić information content (AvgIpc) is 2.05. The monoisotopic (exact) mass is 252 g/mol. The van der Waals surface area contributed by atoms with Crippen LogP contribution in [-0.4, -0.2) is 23.0 Å². The zero-order valence-corrected chi connectivity index (χ0v) is 12.3. The standard InChI is InChI=1S/C15H28N2O/c1-14(2)9-11(10-15(3,4)17-14)8-13(18)16-12-6-5-7-12/h11-12,17H,5-10H2,1-4H3,(H,16,18). The summed E-state index contributed by atoms with van der Waals surface area (Å²) in [6.45, 7) is 8.96. The van der Waals surface area contributed by atoms with Gasteiger partial charge in [0.15, 0.2) is 0 Å². The highest BCUT2D eigenvalue weighted by atomic mass is 16.1. The van der Waals surface area contributed by atoms with Crippen molar-refractivity contribution in [2.75, 3.05) is 0 Å². The van der Waals surface area contributed by atoms with Crippen molar-refractivity contribution < 1.29 is 4.79 Å². The third-order valence-electron chi connectivity index (χ3n) is 4.22. The third kappa shape index (κ3) is 3.71. The lowest BCUT2D eigenvalue weighted by Gasteiger charge is -2.46. The van der Waals surface area contributed by atoms with Crippen LogP contribution in [-0.2, 0) is 4.79 Å². The normalized spacial score (nSPS) is 27.6. The van der Waals surface area contributed by atoms with Crippen molar-refractivity contribution in [2.45, 2.75) is 83.3 Å². The lowest BCUT2D eigenvalue weighted by Crippen LogP contribution is -2.58. The van der Waals surface area contributed by atoms with E-state index in [1.807, 2.05) is 0 Å². The predicted molar refractivity (Wildman–Crippen MR) is 74.4 cm³/mol. The number of piperidine rings is 1. The molecule has 2 aliphatic rings. The number of hydrogen-bond donors (Lipinski definition) is 2. The first kappa shape index (κ1) is 13.9. The van der Waals surface area contributed by atoms with E-state index >= 15 is 0 Å². The minimum absolute atomic E-state index is 0.142. The molecule has 1 amide bonds. The molecule has 3 nitrogen and oxygen atoms in total. The van der Waals surface area contributed by atoms with Gasteiger partial charge >= 0.3 is 0 Å². The predicted octanol–water partition coefficient (Wildman–Crippen LogP) is 2.60. The van der Waals surface area contributed by atoms with Crippen LogP contribution in [0, 0.1) is 5.92 Å². The highest BCUT2D eigenvalue weighted by Crippen LogP contribution is 2.34. The van der Waals surface area contributed by atoms with Gasteiger partial charge in [-0.2, -0.15) is 0 Å².